The molecule has 1 saturated heterocycles. The Balaban J connectivity index is 1.65. The molecule has 1 heterocycles. The van der Waals surface area contributed by atoms with Crippen molar-refractivity contribution in [2.24, 2.45) is 5.92 Å². The summed E-state index contributed by atoms with van der Waals surface area (Å²) in [5.41, 5.74) is 1.48. The van der Waals surface area contributed by atoms with Crippen LogP contribution in [0.1, 0.15) is 38.2 Å². The number of ether oxygens (including phenoxy) is 1. The molecule has 1 unspecified atom stereocenters. The minimum absolute atomic E-state index is 0.127. The third-order valence-corrected chi connectivity index (χ3v) is 5.52. The molecule has 114 valence electrons. The second-order valence-corrected chi connectivity index (χ2v) is 7.20. The molecule has 3 nitrogen and oxygen atoms in total. The summed E-state index contributed by atoms with van der Waals surface area (Å²) in [5.74, 6) is 0.330. The number of amides is 1. The number of nitrogens with one attached hydrogen (secondary N) is 1. The van der Waals surface area contributed by atoms with E-state index in [-0.39, 0.29) is 23.3 Å². The number of hydrogen-bond acceptors (Lipinski definition) is 2. The maximum atomic E-state index is 12.4. The second-order valence-electron chi connectivity index (χ2n) is 6.28. The van der Waals surface area contributed by atoms with E-state index in [1.165, 1.54) is 5.56 Å². The number of carbonyl (C=O) groups is 1. The van der Waals surface area contributed by atoms with Gasteiger partial charge in [-0.25, -0.2) is 0 Å². The van der Waals surface area contributed by atoms with Crippen molar-refractivity contribution in [3.05, 3.63) is 34.3 Å². The Kier molecular flexibility index (Phi) is 4.36. The molecular formula is C17H22BrNO2. The Bertz CT molecular complexity index is 504. The average molecular weight is 352 g/mol. The fourth-order valence-electron chi connectivity index (χ4n) is 3.32. The van der Waals surface area contributed by atoms with Crippen LogP contribution in [0.15, 0.2) is 28.7 Å². The Morgan fingerprint density at radius 1 is 1.29 bits per heavy atom. The van der Waals surface area contributed by atoms with Gasteiger partial charge in [0, 0.05) is 35.1 Å². The molecule has 1 aliphatic heterocycles. The van der Waals surface area contributed by atoms with Crippen molar-refractivity contribution < 1.29 is 9.53 Å². The van der Waals surface area contributed by atoms with Crippen molar-refractivity contribution in [2.45, 2.75) is 44.1 Å². The highest BCUT2D eigenvalue weighted by Gasteiger charge is 2.49. The van der Waals surface area contributed by atoms with Crippen molar-refractivity contribution >= 4 is 21.8 Å². The van der Waals surface area contributed by atoms with Crippen LogP contribution < -0.4 is 5.32 Å². The van der Waals surface area contributed by atoms with Gasteiger partial charge in [0.1, 0.15) is 0 Å². The lowest BCUT2D eigenvalue weighted by Crippen LogP contribution is -2.45. The second kappa shape index (κ2) is 6.09. The number of carbonyl (C=O) groups excluding carboxylic acids is 1. The number of halogens is 1. The Hall–Kier alpha value is -0.870. The van der Waals surface area contributed by atoms with Gasteiger partial charge in [-0.3, -0.25) is 4.79 Å². The van der Waals surface area contributed by atoms with Gasteiger partial charge < -0.3 is 10.1 Å². The monoisotopic (exact) mass is 351 g/mol. The van der Waals surface area contributed by atoms with Gasteiger partial charge in [0.15, 0.2) is 0 Å². The third kappa shape index (κ3) is 3.16. The quantitative estimate of drug-likeness (QED) is 0.902. The van der Waals surface area contributed by atoms with Gasteiger partial charge in [0.2, 0.25) is 5.91 Å². The molecule has 1 aliphatic carbocycles. The van der Waals surface area contributed by atoms with Crippen LogP contribution in [0.25, 0.3) is 0 Å². The van der Waals surface area contributed by atoms with Crippen LogP contribution in [-0.2, 0) is 14.9 Å². The Morgan fingerprint density at radius 2 is 1.90 bits per heavy atom. The van der Waals surface area contributed by atoms with Gasteiger partial charge in [-0.1, -0.05) is 28.1 Å². The first-order chi connectivity index (χ1) is 10.1. The Labute approximate surface area is 134 Å². The lowest BCUT2D eigenvalue weighted by Gasteiger charge is -2.28. The van der Waals surface area contributed by atoms with Gasteiger partial charge >= 0.3 is 0 Å². The van der Waals surface area contributed by atoms with Crippen LogP contribution in [0.4, 0.5) is 0 Å². The molecule has 0 bridgehead atoms. The average Bonchev–Trinajstić information content (AvgIpc) is 3.30. The summed E-state index contributed by atoms with van der Waals surface area (Å²) in [5, 5.41) is 3.26. The maximum Gasteiger partial charge on any atom is 0.223 e. The molecule has 1 saturated carbocycles. The van der Waals surface area contributed by atoms with E-state index in [1.54, 1.807) is 0 Å². The van der Waals surface area contributed by atoms with E-state index in [0.717, 1.165) is 30.2 Å². The molecule has 1 aromatic carbocycles. The number of hydrogen-bond donors (Lipinski definition) is 1. The zero-order valence-electron chi connectivity index (χ0n) is 12.4. The van der Waals surface area contributed by atoms with Crippen LogP contribution in [0.2, 0.25) is 0 Å². The van der Waals surface area contributed by atoms with E-state index in [4.69, 9.17) is 4.74 Å². The lowest BCUT2D eigenvalue weighted by atomic mass is 9.88. The topological polar surface area (TPSA) is 38.3 Å². The fraction of sp³-hybridized carbons (Fsp3) is 0.588. The van der Waals surface area contributed by atoms with Crippen molar-refractivity contribution in [1.29, 1.82) is 0 Å². The number of rotatable bonds is 4. The highest BCUT2D eigenvalue weighted by atomic mass is 79.9. The molecule has 3 rings (SSSR count). The summed E-state index contributed by atoms with van der Waals surface area (Å²) in [6, 6.07) is 8.71. The first-order valence-electron chi connectivity index (χ1n) is 7.76. The molecule has 0 spiro atoms. The fourth-order valence-corrected chi connectivity index (χ4v) is 3.58. The van der Waals surface area contributed by atoms with Crippen LogP contribution in [0, 0.1) is 5.92 Å². The predicted octanol–water partition coefficient (Wildman–Crippen LogP) is 3.41. The summed E-state index contributed by atoms with van der Waals surface area (Å²) in [4.78, 5) is 12.4. The maximum absolute atomic E-state index is 12.4. The van der Waals surface area contributed by atoms with Gasteiger partial charge in [-0.15, -0.1) is 0 Å². The van der Waals surface area contributed by atoms with E-state index >= 15 is 0 Å². The van der Waals surface area contributed by atoms with Crippen molar-refractivity contribution in [3.8, 4) is 0 Å². The van der Waals surface area contributed by atoms with Crippen molar-refractivity contribution in [1.82, 2.24) is 5.32 Å². The smallest absolute Gasteiger partial charge is 0.223 e. The molecule has 4 heteroatoms. The van der Waals surface area contributed by atoms with Crippen LogP contribution in [0.5, 0.6) is 0 Å². The molecule has 21 heavy (non-hydrogen) atoms. The standard InChI is InChI=1S/C17H22BrNO2/c1-12(19-16(20)13-6-10-21-11-7-13)17(8-9-17)14-2-4-15(18)5-3-14/h2-5,12-13H,6-11H2,1H3,(H,19,20). The number of benzene rings is 1. The summed E-state index contributed by atoms with van der Waals surface area (Å²) in [7, 11) is 0. The summed E-state index contributed by atoms with van der Waals surface area (Å²) < 4.78 is 6.43. The van der Waals surface area contributed by atoms with E-state index in [0.29, 0.717) is 13.2 Å². The van der Waals surface area contributed by atoms with Gasteiger partial charge in [0.25, 0.3) is 0 Å². The molecule has 1 aromatic rings. The minimum atomic E-state index is 0.127. The first-order valence-corrected chi connectivity index (χ1v) is 8.55. The van der Waals surface area contributed by atoms with Crippen LogP contribution >= 0.6 is 15.9 Å². The molecule has 1 N–H and O–H groups in total. The van der Waals surface area contributed by atoms with Gasteiger partial charge in [-0.05, 0) is 50.3 Å². The van der Waals surface area contributed by atoms with Crippen LogP contribution in [-0.4, -0.2) is 25.2 Å². The normalized spacial score (nSPS) is 22.6. The van der Waals surface area contributed by atoms with E-state index in [1.807, 2.05) is 0 Å². The molecule has 2 fully saturated rings. The SMILES string of the molecule is CC(NC(=O)C1CCOCC1)C1(c2ccc(Br)cc2)CC1. The largest absolute Gasteiger partial charge is 0.381 e. The molecule has 1 atom stereocenters. The lowest BCUT2D eigenvalue weighted by molar-refractivity contribution is -0.128. The van der Waals surface area contributed by atoms with Crippen LogP contribution in [0.3, 0.4) is 0 Å². The predicted molar refractivity (Wildman–Crippen MR) is 86.2 cm³/mol. The van der Waals surface area contributed by atoms with Crippen molar-refractivity contribution in [2.75, 3.05) is 13.2 Å². The third-order valence-electron chi connectivity index (χ3n) is 4.99. The molecular weight excluding hydrogens is 330 g/mol. The first kappa shape index (κ1) is 15.0. The zero-order valence-corrected chi connectivity index (χ0v) is 14.0. The minimum Gasteiger partial charge on any atom is -0.381 e. The summed E-state index contributed by atoms with van der Waals surface area (Å²) in [6.07, 6.45) is 4.02. The van der Waals surface area contributed by atoms with Gasteiger partial charge in [0.05, 0.1) is 0 Å². The van der Waals surface area contributed by atoms with Crippen molar-refractivity contribution in [3.63, 3.8) is 0 Å². The zero-order chi connectivity index (χ0) is 14.9. The van der Waals surface area contributed by atoms with E-state index < -0.39 is 0 Å². The molecule has 2 aliphatic rings. The highest BCUT2D eigenvalue weighted by Crippen LogP contribution is 2.51. The van der Waals surface area contributed by atoms with E-state index in [9.17, 15) is 4.79 Å². The molecule has 0 aromatic heterocycles. The molecule has 0 radical (unpaired) electrons. The van der Waals surface area contributed by atoms with Gasteiger partial charge in [-0.2, -0.15) is 0 Å². The summed E-state index contributed by atoms with van der Waals surface area (Å²) in [6.45, 7) is 3.57. The summed E-state index contributed by atoms with van der Waals surface area (Å²) >= 11 is 3.48. The van der Waals surface area contributed by atoms with E-state index in [2.05, 4.69) is 52.4 Å². The highest BCUT2D eigenvalue weighted by molar-refractivity contribution is 9.10. The Morgan fingerprint density at radius 3 is 2.48 bits per heavy atom. The molecule has 1 amide bonds.